The Hall–Kier alpha value is -2.04. The molecule has 1 aromatic carbocycles. The van der Waals surface area contributed by atoms with Gasteiger partial charge in [-0.3, -0.25) is 9.59 Å². The Morgan fingerprint density at radius 3 is 2.83 bits per heavy atom. The summed E-state index contributed by atoms with van der Waals surface area (Å²) >= 11 is 0. The molecule has 2 rings (SSSR count). The fourth-order valence-corrected chi connectivity index (χ4v) is 2.16. The molecule has 0 spiro atoms. The third-order valence-corrected chi connectivity index (χ3v) is 3.15. The summed E-state index contributed by atoms with van der Waals surface area (Å²) in [6.07, 6.45) is 0.378. The van der Waals surface area contributed by atoms with Gasteiger partial charge in [0.25, 0.3) is 0 Å². The molecule has 0 aromatic heterocycles. The second-order valence-corrected chi connectivity index (χ2v) is 4.25. The van der Waals surface area contributed by atoms with Gasteiger partial charge in [0.15, 0.2) is 0 Å². The lowest BCUT2D eigenvalue weighted by Gasteiger charge is -2.17. The topological polar surface area (TPSA) is 66.8 Å². The van der Waals surface area contributed by atoms with Gasteiger partial charge in [0.1, 0.15) is 11.7 Å². The molecular weight excluding hydrogens is 234 g/mol. The fourth-order valence-electron chi connectivity index (χ4n) is 2.16. The highest BCUT2D eigenvalue weighted by Gasteiger charge is 2.36. The molecule has 1 unspecified atom stereocenters. The number of nitrogens with zero attached hydrogens (tertiary/aromatic N) is 1. The van der Waals surface area contributed by atoms with Crippen molar-refractivity contribution in [3.63, 3.8) is 0 Å². The van der Waals surface area contributed by atoms with E-state index >= 15 is 0 Å². The molecule has 1 fully saturated rings. The zero-order valence-corrected chi connectivity index (χ0v) is 10.1. The first kappa shape index (κ1) is 12.4. The number of carboxylic acids is 1. The van der Waals surface area contributed by atoms with Crippen molar-refractivity contribution in [3.8, 4) is 5.75 Å². The molecule has 96 valence electrons. The fraction of sp³-hybridized carbons (Fsp3) is 0.385. The summed E-state index contributed by atoms with van der Waals surface area (Å²) in [5, 5.41) is 8.90. The van der Waals surface area contributed by atoms with Crippen LogP contribution < -0.4 is 4.74 Å². The molecule has 5 heteroatoms. The van der Waals surface area contributed by atoms with Crippen molar-refractivity contribution in [2.45, 2.75) is 13.0 Å². The van der Waals surface area contributed by atoms with Crippen LogP contribution in [0.1, 0.15) is 12.0 Å². The van der Waals surface area contributed by atoms with E-state index in [-0.39, 0.29) is 5.91 Å². The molecule has 18 heavy (non-hydrogen) atoms. The predicted molar refractivity (Wildman–Crippen MR) is 64.2 cm³/mol. The molecule has 1 N–H and O–H groups in total. The Morgan fingerprint density at radius 2 is 2.22 bits per heavy atom. The summed E-state index contributed by atoms with van der Waals surface area (Å²) in [7, 11) is 1.57. The zero-order valence-electron chi connectivity index (χ0n) is 10.1. The standard InChI is InChI=1S/C13H15NO4/c1-18-11-5-3-2-4-9(11)8-14-7-6-10(12(14)15)13(16)17/h2-5,10H,6-8H2,1H3,(H,16,17). The van der Waals surface area contributed by atoms with Gasteiger partial charge in [0, 0.05) is 18.7 Å². The zero-order chi connectivity index (χ0) is 13.1. The van der Waals surface area contributed by atoms with Crippen LogP contribution in [0.5, 0.6) is 5.75 Å². The van der Waals surface area contributed by atoms with Crippen LogP contribution >= 0.6 is 0 Å². The van der Waals surface area contributed by atoms with Crippen LogP contribution in [0.15, 0.2) is 24.3 Å². The molecule has 1 aliphatic heterocycles. The minimum absolute atomic E-state index is 0.312. The van der Waals surface area contributed by atoms with Crippen LogP contribution in [0, 0.1) is 5.92 Å². The lowest BCUT2D eigenvalue weighted by Crippen LogP contribution is -2.29. The van der Waals surface area contributed by atoms with Gasteiger partial charge in [-0.1, -0.05) is 18.2 Å². The molecular formula is C13H15NO4. The van der Waals surface area contributed by atoms with Crippen LogP contribution in [0.3, 0.4) is 0 Å². The molecule has 0 aliphatic carbocycles. The van der Waals surface area contributed by atoms with E-state index in [0.29, 0.717) is 25.3 Å². The highest BCUT2D eigenvalue weighted by molar-refractivity contribution is 5.98. The van der Waals surface area contributed by atoms with Crippen molar-refractivity contribution >= 4 is 11.9 Å². The van der Waals surface area contributed by atoms with Crippen LogP contribution in [-0.2, 0) is 16.1 Å². The second-order valence-electron chi connectivity index (χ2n) is 4.25. The van der Waals surface area contributed by atoms with Gasteiger partial charge in [-0.05, 0) is 12.5 Å². The molecule has 1 aliphatic rings. The Balaban J connectivity index is 2.11. The quantitative estimate of drug-likeness (QED) is 0.812. The Bertz CT molecular complexity index is 472. The lowest BCUT2D eigenvalue weighted by atomic mass is 10.1. The van der Waals surface area contributed by atoms with Gasteiger partial charge in [-0.25, -0.2) is 0 Å². The number of para-hydroxylation sites is 1. The molecule has 0 saturated carbocycles. The van der Waals surface area contributed by atoms with Crippen molar-refractivity contribution in [2.75, 3.05) is 13.7 Å². The van der Waals surface area contributed by atoms with Crippen molar-refractivity contribution in [1.29, 1.82) is 0 Å². The van der Waals surface area contributed by atoms with E-state index in [9.17, 15) is 9.59 Å². The molecule has 0 bridgehead atoms. The van der Waals surface area contributed by atoms with Crippen LogP contribution in [0.2, 0.25) is 0 Å². The van der Waals surface area contributed by atoms with Gasteiger partial charge < -0.3 is 14.7 Å². The molecule has 1 amide bonds. The first-order chi connectivity index (χ1) is 8.63. The molecule has 1 saturated heterocycles. The second kappa shape index (κ2) is 5.08. The van der Waals surface area contributed by atoms with E-state index in [2.05, 4.69) is 0 Å². The Kier molecular flexibility index (Phi) is 3.50. The Morgan fingerprint density at radius 1 is 1.50 bits per heavy atom. The van der Waals surface area contributed by atoms with Gasteiger partial charge in [0.2, 0.25) is 5.91 Å². The molecule has 1 heterocycles. The highest BCUT2D eigenvalue weighted by atomic mass is 16.5. The largest absolute Gasteiger partial charge is 0.496 e. The van der Waals surface area contributed by atoms with Crippen LogP contribution in [-0.4, -0.2) is 35.5 Å². The predicted octanol–water partition coefficient (Wildman–Crippen LogP) is 1.13. The number of carbonyl (C=O) groups is 2. The minimum atomic E-state index is -1.04. The van der Waals surface area contributed by atoms with E-state index in [1.54, 1.807) is 12.0 Å². The number of aliphatic carboxylic acids is 1. The Labute approximate surface area is 105 Å². The van der Waals surface area contributed by atoms with E-state index in [4.69, 9.17) is 9.84 Å². The van der Waals surface area contributed by atoms with Gasteiger partial charge in [0.05, 0.1) is 7.11 Å². The number of hydrogen-bond acceptors (Lipinski definition) is 3. The SMILES string of the molecule is COc1ccccc1CN1CCC(C(=O)O)C1=O. The number of carbonyl (C=O) groups excluding carboxylic acids is 1. The highest BCUT2D eigenvalue weighted by Crippen LogP contribution is 2.24. The number of amides is 1. The monoisotopic (exact) mass is 249 g/mol. The first-order valence-corrected chi connectivity index (χ1v) is 5.77. The average Bonchev–Trinajstić information content (AvgIpc) is 2.72. The van der Waals surface area contributed by atoms with Crippen molar-refractivity contribution in [2.24, 2.45) is 5.92 Å². The third-order valence-electron chi connectivity index (χ3n) is 3.15. The van der Waals surface area contributed by atoms with Gasteiger partial charge in [-0.15, -0.1) is 0 Å². The number of likely N-dealkylation sites (tertiary alicyclic amines) is 1. The summed E-state index contributed by atoms with van der Waals surface area (Å²) in [6.45, 7) is 0.875. The van der Waals surface area contributed by atoms with E-state index < -0.39 is 11.9 Å². The number of benzene rings is 1. The third kappa shape index (κ3) is 2.30. The van der Waals surface area contributed by atoms with E-state index in [1.165, 1.54) is 0 Å². The summed E-state index contributed by atoms with van der Waals surface area (Å²) < 4.78 is 5.21. The summed E-state index contributed by atoms with van der Waals surface area (Å²) in [5.41, 5.74) is 0.888. The maximum Gasteiger partial charge on any atom is 0.316 e. The summed E-state index contributed by atoms with van der Waals surface area (Å²) in [6, 6.07) is 7.42. The molecule has 1 aromatic rings. The minimum Gasteiger partial charge on any atom is -0.496 e. The lowest BCUT2D eigenvalue weighted by molar-refractivity contribution is -0.147. The smallest absolute Gasteiger partial charge is 0.316 e. The summed E-state index contributed by atoms with van der Waals surface area (Å²) in [5.74, 6) is -1.53. The van der Waals surface area contributed by atoms with Crippen LogP contribution in [0.25, 0.3) is 0 Å². The molecule has 0 radical (unpaired) electrons. The number of ether oxygens (including phenoxy) is 1. The number of carboxylic acid groups (broad SMARTS) is 1. The van der Waals surface area contributed by atoms with Gasteiger partial charge in [-0.2, -0.15) is 0 Å². The maximum absolute atomic E-state index is 11.9. The van der Waals surface area contributed by atoms with Gasteiger partial charge >= 0.3 is 5.97 Å². The number of rotatable bonds is 4. The average molecular weight is 249 g/mol. The number of methoxy groups -OCH3 is 1. The van der Waals surface area contributed by atoms with Crippen molar-refractivity contribution < 1.29 is 19.4 Å². The van der Waals surface area contributed by atoms with Crippen LogP contribution in [0.4, 0.5) is 0 Å². The van der Waals surface area contributed by atoms with E-state index in [0.717, 1.165) is 5.56 Å². The van der Waals surface area contributed by atoms with E-state index in [1.807, 2.05) is 24.3 Å². The number of hydrogen-bond donors (Lipinski definition) is 1. The van der Waals surface area contributed by atoms with Crippen molar-refractivity contribution in [3.05, 3.63) is 29.8 Å². The maximum atomic E-state index is 11.9. The summed E-state index contributed by atoms with van der Waals surface area (Å²) in [4.78, 5) is 24.3. The molecule has 1 atom stereocenters. The molecule has 5 nitrogen and oxygen atoms in total. The first-order valence-electron chi connectivity index (χ1n) is 5.77. The normalized spacial score (nSPS) is 19.1. The van der Waals surface area contributed by atoms with Crippen molar-refractivity contribution in [1.82, 2.24) is 4.90 Å².